The molecular formula is C17H24N4O. The fourth-order valence-corrected chi connectivity index (χ4v) is 2.60. The van der Waals surface area contributed by atoms with Gasteiger partial charge in [-0.3, -0.25) is 14.6 Å². The van der Waals surface area contributed by atoms with E-state index in [0.29, 0.717) is 19.5 Å². The average Bonchev–Trinajstić information content (AvgIpc) is 2.55. The number of benzene rings is 1. The highest BCUT2D eigenvalue weighted by atomic mass is 16.2. The first-order chi connectivity index (χ1) is 10.7. The molecule has 1 amide bonds. The maximum atomic E-state index is 12.1. The summed E-state index contributed by atoms with van der Waals surface area (Å²) < 4.78 is 0. The van der Waals surface area contributed by atoms with E-state index in [1.165, 1.54) is 5.56 Å². The lowest BCUT2D eigenvalue weighted by atomic mass is 10.2. The fraction of sp³-hybridized carbons (Fsp3) is 0.529. The van der Waals surface area contributed by atoms with E-state index in [1.807, 2.05) is 6.07 Å². The second-order valence-corrected chi connectivity index (χ2v) is 5.76. The predicted octanol–water partition coefficient (Wildman–Crippen LogP) is 1.18. The number of rotatable bonds is 6. The highest BCUT2D eigenvalue weighted by Crippen LogP contribution is 2.08. The van der Waals surface area contributed by atoms with E-state index >= 15 is 0 Å². The van der Waals surface area contributed by atoms with E-state index in [9.17, 15) is 4.79 Å². The summed E-state index contributed by atoms with van der Waals surface area (Å²) in [4.78, 5) is 18.3. The van der Waals surface area contributed by atoms with Gasteiger partial charge in [0.15, 0.2) is 0 Å². The number of carbonyl (C=O) groups excluding carboxylic acids is 1. The summed E-state index contributed by atoms with van der Waals surface area (Å²) in [5, 5.41) is 8.56. The molecule has 2 rings (SSSR count). The molecule has 0 N–H and O–H groups in total. The molecule has 0 radical (unpaired) electrons. The first-order valence-corrected chi connectivity index (χ1v) is 7.78. The third-order valence-electron chi connectivity index (χ3n) is 4.06. The molecule has 1 aromatic rings. The molecule has 1 aromatic carbocycles. The number of nitrogens with zero attached hydrogens (tertiary/aromatic N) is 4. The van der Waals surface area contributed by atoms with Crippen molar-refractivity contribution in [2.45, 2.75) is 13.0 Å². The van der Waals surface area contributed by atoms with Gasteiger partial charge in [-0.1, -0.05) is 30.3 Å². The SMILES string of the molecule is CN(CCC#N)C(=O)CN1CCN(Cc2ccccc2)CC1. The van der Waals surface area contributed by atoms with E-state index in [1.54, 1.807) is 11.9 Å². The Morgan fingerprint density at radius 2 is 1.82 bits per heavy atom. The molecule has 5 heteroatoms. The van der Waals surface area contributed by atoms with Crippen LogP contribution in [0, 0.1) is 11.3 Å². The van der Waals surface area contributed by atoms with Gasteiger partial charge in [0.05, 0.1) is 19.0 Å². The zero-order valence-corrected chi connectivity index (χ0v) is 13.2. The van der Waals surface area contributed by atoms with Gasteiger partial charge in [0.1, 0.15) is 0 Å². The average molecular weight is 300 g/mol. The van der Waals surface area contributed by atoms with Crippen molar-refractivity contribution in [2.75, 3.05) is 46.3 Å². The van der Waals surface area contributed by atoms with Crippen molar-refractivity contribution >= 4 is 5.91 Å². The van der Waals surface area contributed by atoms with Gasteiger partial charge < -0.3 is 4.90 Å². The minimum absolute atomic E-state index is 0.103. The Hall–Kier alpha value is -1.90. The van der Waals surface area contributed by atoms with Crippen LogP contribution >= 0.6 is 0 Å². The molecule has 0 bridgehead atoms. The van der Waals surface area contributed by atoms with Crippen LogP contribution in [-0.4, -0.2) is 66.9 Å². The third kappa shape index (κ3) is 5.14. The number of piperazine rings is 1. The summed E-state index contributed by atoms with van der Waals surface area (Å²) in [6, 6.07) is 12.6. The molecule has 0 saturated carbocycles. The van der Waals surface area contributed by atoms with Crippen molar-refractivity contribution in [3.8, 4) is 6.07 Å². The summed E-state index contributed by atoms with van der Waals surface area (Å²) >= 11 is 0. The Morgan fingerprint density at radius 3 is 2.45 bits per heavy atom. The van der Waals surface area contributed by atoms with Gasteiger partial charge >= 0.3 is 0 Å². The summed E-state index contributed by atoms with van der Waals surface area (Å²) in [5.41, 5.74) is 1.34. The first kappa shape index (κ1) is 16.5. The molecule has 5 nitrogen and oxygen atoms in total. The molecule has 0 aliphatic carbocycles. The lowest BCUT2D eigenvalue weighted by molar-refractivity contribution is -0.131. The molecule has 1 aliphatic rings. The molecule has 0 atom stereocenters. The summed E-state index contributed by atoms with van der Waals surface area (Å²) in [6.45, 7) is 5.78. The summed E-state index contributed by atoms with van der Waals surface area (Å²) in [5.74, 6) is 0.103. The number of amides is 1. The molecule has 1 heterocycles. The molecule has 0 spiro atoms. The van der Waals surface area contributed by atoms with E-state index < -0.39 is 0 Å². The molecule has 0 aromatic heterocycles. The van der Waals surface area contributed by atoms with Crippen LogP contribution in [0.1, 0.15) is 12.0 Å². The molecule has 22 heavy (non-hydrogen) atoms. The van der Waals surface area contributed by atoms with Crippen molar-refractivity contribution < 1.29 is 4.79 Å². The van der Waals surface area contributed by atoms with Crippen LogP contribution in [0.4, 0.5) is 0 Å². The van der Waals surface area contributed by atoms with Gasteiger partial charge in [-0.15, -0.1) is 0 Å². The molecule has 1 aliphatic heterocycles. The van der Waals surface area contributed by atoms with E-state index in [4.69, 9.17) is 5.26 Å². The quantitative estimate of drug-likeness (QED) is 0.791. The molecule has 1 fully saturated rings. The highest BCUT2D eigenvalue weighted by molar-refractivity contribution is 5.78. The summed E-state index contributed by atoms with van der Waals surface area (Å²) in [6.07, 6.45) is 0.396. The lowest BCUT2D eigenvalue weighted by Gasteiger charge is -2.35. The van der Waals surface area contributed by atoms with Crippen LogP contribution in [0.5, 0.6) is 0 Å². The zero-order valence-electron chi connectivity index (χ0n) is 13.2. The fourth-order valence-electron chi connectivity index (χ4n) is 2.60. The lowest BCUT2D eigenvalue weighted by Crippen LogP contribution is -2.49. The van der Waals surface area contributed by atoms with Crippen LogP contribution in [0.3, 0.4) is 0 Å². The molecule has 118 valence electrons. The number of hydrogen-bond acceptors (Lipinski definition) is 4. The van der Waals surface area contributed by atoms with Gasteiger partial charge in [-0.25, -0.2) is 0 Å². The van der Waals surface area contributed by atoms with Gasteiger partial charge in [-0.2, -0.15) is 5.26 Å². The van der Waals surface area contributed by atoms with Crippen LogP contribution < -0.4 is 0 Å². The van der Waals surface area contributed by atoms with Crippen molar-refractivity contribution in [3.63, 3.8) is 0 Å². The van der Waals surface area contributed by atoms with Crippen molar-refractivity contribution in [1.29, 1.82) is 5.26 Å². The van der Waals surface area contributed by atoms with Crippen LogP contribution in [0.2, 0.25) is 0 Å². The van der Waals surface area contributed by atoms with Gasteiger partial charge in [0, 0.05) is 46.3 Å². The van der Waals surface area contributed by atoms with Gasteiger partial charge in [-0.05, 0) is 5.56 Å². The minimum atomic E-state index is 0.103. The predicted molar refractivity (Wildman–Crippen MR) is 86.0 cm³/mol. The Morgan fingerprint density at radius 1 is 1.18 bits per heavy atom. The van der Waals surface area contributed by atoms with E-state index in [2.05, 4.69) is 40.1 Å². The zero-order chi connectivity index (χ0) is 15.8. The van der Waals surface area contributed by atoms with Crippen LogP contribution in [-0.2, 0) is 11.3 Å². The second kappa shape index (κ2) is 8.52. The number of likely N-dealkylation sites (N-methyl/N-ethyl adjacent to an activating group) is 1. The highest BCUT2D eigenvalue weighted by Gasteiger charge is 2.20. The molecule has 0 unspecified atom stereocenters. The number of carbonyl (C=O) groups is 1. The Bertz CT molecular complexity index is 503. The van der Waals surface area contributed by atoms with Crippen LogP contribution in [0.25, 0.3) is 0 Å². The topological polar surface area (TPSA) is 50.6 Å². The standard InChI is InChI=1S/C17H24N4O/c1-19(9-5-8-18)17(22)15-21-12-10-20(11-13-21)14-16-6-3-2-4-7-16/h2-4,6-7H,5,9-15H2,1H3. The van der Waals surface area contributed by atoms with Crippen LogP contribution in [0.15, 0.2) is 30.3 Å². The number of nitriles is 1. The second-order valence-electron chi connectivity index (χ2n) is 5.76. The maximum absolute atomic E-state index is 12.1. The van der Waals surface area contributed by atoms with Crippen molar-refractivity contribution in [2.24, 2.45) is 0 Å². The van der Waals surface area contributed by atoms with Gasteiger partial charge in [0.2, 0.25) is 5.91 Å². The Labute approximate surface area is 132 Å². The van der Waals surface area contributed by atoms with Crippen molar-refractivity contribution in [1.82, 2.24) is 14.7 Å². The third-order valence-corrected chi connectivity index (χ3v) is 4.06. The van der Waals surface area contributed by atoms with Gasteiger partial charge in [0.25, 0.3) is 0 Å². The largest absolute Gasteiger partial charge is 0.344 e. The molecular weight excluding hydrogens is 276 g/mol. The first-order valence-electron chi connectivity index (χ1n) is 7.78. The Balaban J connectivity index is 1.71. The smallest absolute Gasteiger partial charge is 0.236 e. The number of hydrogen-bond donors (Lipinski definition) is 0. The Kier molecular flexibility index (Phi) is 6.38. The molecule has 1 saturated heterocycles. The summed E-state index contributed by atoms with van der Waals surface area (Å²) in [7, 11) is 1.77. The maximum Gasteiger partial charge on any atom is 0.236 e. The van der Waals surface area contributed by atoms with E-state index in [0.717, 1.165) is 32.7 Å². The minimum Gasteiger partial charge on any atom is -0.344 e. The van der Waals surface area contributed by atoms with Crippen molar-refractivity contribution in [3.05, 3.63) is 35.9 Å². The van der Waals surface area contributed by atoms with E-state index in [-0.39, 0.29) is 5.91 Å². The monoisotopic (exact) mass is 300 g/mol. The normalized spacial score (nSPS) is 16.2.